The SMILES string of the molecule is Cc1cccc(/C=C/C(=O)NC(C)CCCO)c1. The van der Waals surface area contributed by atoms with E-state index in [0.29, 0.717) is 6.42 Å². The summed E-state index contributed by atoms with van der Waals surface area (Å²) >= 11 is 0. The Bertz CT molecular complexity index is 413. The van der Waals surface area contributed by atoms with E-state index in [0.717, 1.165) is 12.0 Å². The molecule has 0 bridgehead atoms. The Morgan fingerprint density at radius 1 is 1.50 bits per heavy atom. The lowest BCUT2D eigenvalue weighted by Crippen LogP contribution is -2.31. The summed E-state index contributed by atoms with van der Waals surface area (Å²) in [4.78, 5) is 11.6. The van der Waals surface area contributed by atoms with Crippen LogP contribution in [0.25, 0.3) is 6.08 Å². The van der Waals surface area contributed by atoms with Crippen molar-refractivity contribution in [2.75, 3.05) is 6.61 Å². The van der Waals surface area contributed by atoms with Crippen LogP contribution in [0.15, 0.2) is 30.3 Å². The molecule has 0 fully saturated rings. The summed E-state index contributed by atoms with van der Waals surface area (Å²) in [7, 11) is 0. The van der Waals surface area contributed by atoms with Crippen molar-refractivity contribution < 1.29 is 9.90 Å². The minimum absolute atomic E-state index is 0.0896. The normalized spacial score (nSPS) is 12.6. The first-order chi connectivity index (χ1) is 8.61. The van der Waals surface area contributed by atoms with Gasteiger partial charge in [-0.15, -0.1) is 0 Å². The number of amides is 1. The highest BCUT2D eigenvalue weighted by molar-refractivity contribution is 5.91. The summed E-state index contributed by atoms with van der Waals surface area (Å²) in [6, 6.07) is 8.07. The summed E-state index contributed by atoms with van der Waals surface area (Å²) in [5.41, 5.74) is 2.20. The average molecular weight is 247 g/mol. The van der Waals surface area contributed by atoms with E-state index in [4.69, 9.17) is 5.11 Å². The van der Waals surface area contributed by atoms with Crippen molar-refractivity contribution in [3.63, 3.8) is 0 Å². The van der Waals surface area contributed by atoms with Gasteiger partial charge in [0.25, 0.3) is 0 Å². The average Bonchev–Trinajstić information content (AvgIpc) is 2.34. The number of hydrogen-bond acceptors (Lipinski definition) is 2. The van der Waals surface area contributed by atoms with Gasteiger partial charge in [0.1, 0.15) is 0 Å². The minimum Gasteiger partial charge on any atom is -0.396 e. The Kier molecular flexibility index (Phi) is 6.15. The van der Waals surface area contributed by atoms with Gasteiger partial charge in [-0.05, 0) is 38.3 Å². The van der Waals surface area contributed by atoms with Gasteiger partial charge in [0.05, 0.1) is 0 Å². The Hall–Kier alpha value is -1.61. The van der Waals surface area contributed by atoms with Crippen LogP contribution in [0, 0.1) is 6.92 Å². The van der Waals surface area contributed by atoms with Gasteiger partial charge in [-0.2, -0.15) is 0 Å². The first kappa shape index (κ1) is 14.5. The van der Waals surface area contributed by atoms with E-state index in [1.54, 1.807) is 12.2 Å². The molecule has 1 amide bonds. The van der Waals surface area contributed by atoms with Gasteiger partial charge in [0.2, 0.25) is 5.91 Å². The van der Waals surface area contributed by atoms with Crippen molar-refractivity contribution in [2.45, 2.75) is 32.7 Å². The Morgan fingerprint density at radius 2 is 2.28 bits per heavy atom. The van der Waals surface area contributed by atoms with Gasteiger partial charge in [-0.25, -0.2) is 0 Å². The molecule has 1 unspecified atom stereocenters. The number of carbonyl (C=O) groups excluding carboxylic acids is 1. The maximum atomic E-state index is 11.6. The van der Waals surface area contributed by atoms with Crippen LogP contribution in [0.3, 0.4) is 0 Å². The molecular weight excluding hydrogens is 226 g/mol. The predicted octanol–water partition coefficient (Wildman–Crippen LogP) is 2.29. The molecule has 0 heterocycles. The lowest BCUT2D eigenvalue weighted by atomic mass is 10.1. The van der Waals surface area contributed by atoms with E-state index >= 15 is 0 Å². The molecular formula is C15H21NO2. The molecule has 1 atom stereocenters. The number of aryl methyl sites for hydroxylation is 1. The molecule has 0 radical (unpaired) electrons. The maximum absolute atomic E-state index is 11.6. The third-order valence-electron chi connectivity index (χ3n) is 2.65. The van der Waals surface area contributed by atoms with Crippen molar-refractivity contribution in [2.24, 2.45) is 0 Å². The molecule has 0 saturated heterocycles. The highest BCUT2D eigenvalue weighted by atomic mass is 16.2. The summed E-state index contributed by atoms with van der Waals surface area (Å²) in [5, 5.41) is 11.6. The highest BCUT2D eigenvalue weighted by Gasteiger charge is 2.03. The van der Waals surface area contributed by atoms with Crippen LogP contribution in [-0.4, -0.2) is 23.7 Å². The molecule has 1 aromatic rings. The van der Waals surface area contributed by atoms with Crippen molar-refractivity contribution in [1.29, 1.82) is 0 Å². The molecule has 0 aliphatic heterocycles. The topological polar surface area (TPSA) is 49.3 Å². The summed E-state index contributed by atoms with van der Waals surface area (Å²) in [6.45, 7) is 4.13. The molecule has 3 nitrogen and oxygen atoms in total. The second-order valence-corrected chi connectivity index (χ2v) is 4.52. The Morgan fingerprint density at radius 3 is 2.94 bits per heavy atom. The number of benzene rings is 1. The van der Waals surface area contributed by atoms with Crippen molar-refractivity contribution in [3.05, 3.63) is 41.5 Å². The van der Waals surface area contributed by atoms with E-state index in [-0.39, 0.29) is 18.6 Å². The van der Waals surface area contributed by atoms with Gasteiger partial charge in [0.15, 0.2) is 0 Å². The summed E-state index contributed by atoms with van der Waals surface area (Å²) in [6.07, 6.45) is 4.86. The predicted molar refractivity (Wildman–Crippen MR) is 74.1 cm³/mol. The monoisotopic (exact) mass is 247 g/mol. The molecule has 0 aliphatic rings. The molecule has 0 aromatic heterocycles. The molecule has 98 valence electrons. The van der Waals surface area contributed by atoms with Crippen LogP contribution in [0.1, 0.15) is 30.9 Å². The fraction of sp³-hybridized carbons (Fsp3) is 0.400. The molecule has 1 aromatic carbocycles. The minimum atomic E-state index is -0.0954. The number of rotatable bonds is 6. The van der Waals surface area contributed by atoms with E-state index < -0.39 is 0 Å². The number of aliphatic hydroxyl groups is 1. The molecule has 0 saturated carbocycles. The molecule has 1 rings (SSSR count). The van der Waals surface area contributed by atoms with Crippen LogP contribution >= 0.6 is 0 Å². The molecule has 0 spiro atoms. The zero-order chi connectivity index (χ0) is 13.4. The smallest absolute Gasteiger partial charge is 0.244 e. The first-order valence-electron chi connectivity index (χ1n) is 6.28. The maximum Gasteiger partial charge on any atom is 0.244 e. The third-order valence-corrected chi connectivity index (χ3v) is 2.65. The van der Waals surface area contributed by atoms with Crippen molar-refractivity contribution >= 4 is 12.0 Å². The molecule has 18 heavy (non-hydrogen) atoms. The van der Waals surface area contributed by atoms with Crippen molar-refractivity contribution in [1.82, 2.24) is 5.32 Å². The quantitative estimate of drug-likeness (QED) is 0.758. The van der Waals surface area contributed by atoms with Crippen LogP contribution < -0.4 is 5.32 Å². The molecule has 2 N–H and O–H groups in total. The van der Waals surface area contributed by atoms with Gasteiger partial charge in [0, 0.05) is 18.7 Å². The zero-order valence-electron chi connectivity index (χ0n) is 11.0. The van der Waals surface area contributed by atoms with E-state index in [9.17, 15) is 4.79 Å². The standard InChI is InChI=1S/C15H21NO2/c1-12-5-3-7-14(11-12)8-9-15(18)16-13(2)6-4-10-17/h3,5,7-9,11,13,17H,4,6,10H2,1-2H3,(H,16,18)/b9-8+. The third kappa shape index (κ3) is 5.64. The molecule has 3 heteroatoms. The second-order valence-electron chi connectivity index (χ2n) is 4.52. The lowest BCUT2D eigenvalue weighted by Gasteiger charge is -2.10. The largest absolute Gasteiger partial charge is 0.396 e. The second kappa shape index (κ2) is 7.67. The number of aliphatic hydroxyl groups excluding tert-OH is 1. The Labute approximate surface area is 109 Å². The Balaban J connectivity index is 2.44. The lowest BCUT2D eigenvalue weighted by molar-refractivity contribution is -0.117. The van der Waals surface area contributed by atoms with Gasteiger partial charge in [-0.1, -0.05) is 29.8 Å². The van der Waals surface area contributed by atoms with Gasteiger partial charge < -0.3 is 10.4 Å². The van der Waals surface area contributed by atoms with E-state index in [1.165, 1.54) is 5.56 Å². The van der Waals surface area contributed by atoms with Crippen LogP contribution in [-0.2, 0) is 4.79 Å². The van der Waals surface area contributed by atoms with Crippen LogP contribution in [0.4, 0.5) is 0 Å². The van der Waals surface area contributed by atoms with E-state index in [1.807, 2.05) is 38.1 Å². The molecule has 0 aliphatic carbocycles. The summed E-state index contributed by atoms with van der Waals surface area (Å²) < 4.78 is 0. The number of hydrogen-bond donors (Lipinski definition) is 2. The van der Waals surface area contributed by atoms with Gasteiger partial charge in [-0.3, -0.25) is 4.79 Å². The zero-order valence-corrected chi connectivity index (χ0v) is 11.0. The first-order valence-corrected chi connectivity index (χ1v) is 6.28. The number of nitrogens with one attached hydrogen (secondary N) is 1. The highest BCUT2D eigenvalue weighted by Crippen LogP contribution is 2.05. The number of carbonyl (C=O) groups is 1. The van der Waals surface area contributed by atoms with Crippen LogP contribution in [0.5, 0.6) is 0 Å². The van der Waals surface area contributed by atoms with Gasteiger partial charge >= 0.3 is 0 Å². The van der Waals surface area contributed by atoms with Crippen LogP contribution in [0.2, 0.25) is 0 Å². The fourth-order valence-corrected chi connectivity index (χ4v) is 1.71. The fourth-order valence-electron chi connectivity index (χ4n) is 1.71. The summed E-state index contributed by atoms with van der Waals surface area (Å²) in [5.74, 6) is -0.0954. The van der Waals surface area contributed by atoms with Crippen molar-refractivity contribution in [3.8, 4) is 0 Å². The van der Waals surface area contributed by atoms with E-state index in [2.05, 4.69) is 5.32 Å².